The molecule has 2 atom stereocenters. The predicted octanol–water partition coefficient (Wildman–Crippen LogP) is 3.32. The summed E-state index contributed by atoms with van der Waals surface area (Å²) in [6, 6.07) is 14.4. The zero-order valence-corrected chi connectivity index (χ0v) is 12.8. The van der Waals surface area contributed by atoms with E-state index < -0.39 is 6.10 Å². The van der Waals surface area contributed by atoms with E-state index in [-0.39, 0.29) is 0 Å². The summed E-state index contributed by atoms with van der Waals surface area (Å²) in [5.41, 5.74) is 0. The van der Waals surface area contributed by atoms with Crippen molar-refractivity contribution < 1.29 is 9.84 Å². The van der Waals surface area contributed by atoms with Crippen molar-refractivity contribution in [2.24, 2.45) is 0 Å². The van der Waals surface area contributed by atoms with Crippen LogP contribution in [0.15, 0.2) is 47.8 Å². The molecule has 1 N–H and O–H groups in total. The summed E-state index contributed by atoms with van der Waals surface area (Å²) in [5.74, 6) is 0.813. The number of thiophene rings is 1. The molecule has 0 radical (unpaired) electrons. The SMILES string of the molecule is OC(COc1ccccc1)CN1CCCC1c1cccs1. The molecule has 1 aromatic carbocycles. The number of likely N-dealkylation sites (tertiary alicyclic amines) is 1. The number of rotatable bonds is 6. The van der Waals surface area contributed by atoms with E-state index in [2.05, 4.69) is 22.4 Å². The highest BCUT2D eigenvalue weighted by Gasteiger charge is 2.28. The van der Waals surface area contributed by atoms with Crippen LogP contribution in [0.2, 0.25) is 0 Å². The fourth-order valence-electron chi connectivity index (χ4n) is 2.88. The van der Waals surface area contributed by atoms with Crippen LogP contribution in [0.25, 0.3) is 0 Å². The van der Waals surface area contributed by atoms with Crippen LogP contribution >= 0.6 is 11.3 Å². The molecule has 2 unspecified atom stereocenters. The molecule has 4 heteroatoms. The summed E-state index contributed by atoms with van der Waals surface area (Å²) in [6.07, 6.45) is 1.94. The van der Waals surface area contributed by atoms with Crippen molar-refractivity contribution in [1.82, 2.24) is 4.90 Å². The van der Waals surface area contributed by atoms with Gasteiger partial charge in [0.25, 0.3) is 0 Å². The van der Waals surface area contributed by atoms with Gasteiger partial charge in [0.05, 0.1) is 0 Å². The van der Waals surface area contributed by atoms with Gasteiger partial charge in [0.2, 0.25) is 0 Å². The molecule has 21 heavy (non-hydrogen) atoms. The Bertz CT molecular complexity index is 529. The topological polar surface area (TPSA) is 32.7 Å². The number of aliphatic hydroxyl groups is 1. The highest BCUT2D eigenvalue weighted by molar-refractivity contribution is 7.10. The van der Waals surface area contributed by atoms with E-state index in [1.54, 1.807) is 11.3 Å². The fourth-order valence-corrected chi connectivity index (χ4v) is 3.78. The van der Waals surface area contributed by atoms with Gasteiger partial charge in [-0.3, -0.25) is 4.90 Å². The lowest BCUT2D eigenvalue weighted by molar-refractivity contribution is 0.0643. The second-order valence-corrected chi connectivity index (χ2v) is 6.43. The predicted molar refractivity (Wildman–Crippen MR) is 85.8 cm³/mol. The summed E-state index contributed by atoms with van der Waals surface area (Å²) in [4.78, 5) is 3.79. The maximum absolute atomic E-state index is 10.2. The number of para-hydroxylation sites is 1. The minimum absolute atomic E-state index is 0.345. The van der Waals surface area contributed by atoms with Crippen LogP contribution in [0.5, 0.6) is 5.75 Å². The molecule has 3 nitrogen and oxygen atoms in total. The molecule has 1 aliphatic heterocycles. The van der Waals surface area contributed by atoms with Crippen LogP contribution < -0.4 is 4.74 Å². The van der Waals surface area contributed by atoms with Crippen LogP contribution in [-0.2, 0) is 0 Å². The largest absolute Gasteiger partial charge is 0.491 e. The average molecular weight is 303 g/mol. The smallest absolute Gasteiger partial charge is 0.119 e. The van der Waals surface area contributed by atoms with Crippen LogP contribution in [0.3, 0.4) is 0 Å². The molecule has 1 fully saturated rings. The Morgan fingerprint density at radius 1 is 1.24 bits per heavy atom. The molecule has 2 heterocycles. The molecule has 1 saturated heterocycles. The van der Waals surface area contributed by atoms with Gasteiger partial charge in [-0.15, -0.1) is 11.3 Å². The highest BCUT2D eigenvalue weighted by Crippen LogP contribution is 2.34. The molecule has 0 bridgehead atoms. The third-order valence-electron chi connectivity index (χ3n) is 3.87. The van der Waals surface area contributed by atoms with Gasteiger partial charge in [-0.25, -0.2) is 0 Å². The number of ether oxygens (including phenoxy) is 1. The molecule has 0 saturated carbocycles. The first kappa shape index (κ1) is 14.6. The molecule has 112 valence electrons. The van der Waals surface area contributed by atoms with Crippen LogP contribution in [-0.4, -0.2) is 35.8 Å². The molecular weight excluding hydrogens is 282 g/mol. The van der Waals surface area contributed by atoms with Gasteiger partial charge in [0, 0.05) is 17.5 Å². The Labute approximate surface area is 129 Å². The number of aliphatic hydroxyl groups excluding tert-OH is 1. The molecule has 0 spiro atoms. The third-order valence-corrected chi connectivity index (χ3v) is 4.84. The van der Waals surface area contributed by atoms with E-state index in [9.17, 15) is 5.11 Å². The summed E-state index contributed by atoms with van der Waals surface area (Å²) < 4.78 is 5.63. The van der Waals surface area contributed by atoms with Crippen LogP contribution in [0, 0.1) is 0 Å². The van der Waals surface area contributed by atoms with Crippen LogP contribution in [0.4, 0.5) is 0 Å². The lowest BCUT2D eigenvalue weighted by Crippen LogP contribution is -2.35. The number of β-amino-alcohol motifs (C(OH)–C–C–N with tert-alkyl or cyclic N) is 1. The average Bonchev–Trinajstić information content (AvgIpc) is 3.17. The molecule has 1 aromatic heterocycles. The number of benzene rings is 1. The Morgan fingerprint density at radius 3 is 2.86 bits per heavy atom. The number of hydrogen-bond donors (Lipinski definition) is 1. The van der Waals surface area contributed by atoms with E-state index in [1.807, 2.05) is 30.3 Å². The van der Waals surface area contributed by atoms with Gasteiger partial charge >= 0.3 is 0 Å². The maximum atomic E-state index is 10.2. The third kappa shape index (κ3) is 3.84. The quantitative estimate of drug-likeness (QED) is 0.888. The summed E-state index contributed by atoms with van der Waals surface area (Å²) in [6.45, 7) is 2.08. The Kier molecular flexibility index (Phi) is 4.91. The monoisotopic (exact) mass is 303 g/mol. The molecular formula is C17H21NO2S. The summed E-state index contributed by atoms with van der Waals surface area (Å²) in [7, 11) is 0. The summed E-state index contributed by atoms with van der Waals surface area (Å²) >= 11 is 1.81. The van der Waals surface area contributed by atoms with Crippen molar-refractivity contribution in [1.29, 1.82) is 0 Å². The number of nitrogens with zero attached hydrogens (tertiary/aromatic N) is 1. The second kappa shape index (κ2) is 7.07. The fraction of sp³-hybridized carbons (Fsp3) is 0.412. The van der Waals surface area contributed by atoms with E-state index in [1.165, 1.54) is 17.7 Å². The minimum atomic E-state index is -0.453. The number of hydrogen-bond acceptors (Lipinski definition) is 4. The van der Waals surface area contributed by atoms with Gasteiger partial charge in [-0.2, -0.15) is 0 Å². The second-order valence-electron chi connectivity index (χ2n) is 5.45. The Morgan fingerprint density at radius 2 is 2.10 bits per heavy atom. The van der Waals surface area contributed by atoms with E-state index in [0.717, 1.165) is 12.3 Å². The van der Waals surface area contributed by atoms with Crippen molar-refractivity contribution in [2.45, 2.75) is 25.0 Å². The maximum Gasteiger partial charge on any atom is 0.119 e. The van der Waals surface area contributed by atoms with E-state index >= 15 is 0 Å². The molecule has 1 aliphatic rings. The first-order valence-corrected chi connectivity index (χ1v) is 8.34. The molecule has 0 amide bonds. The Hall–Kier alpha value is -1.36. The summed E-state index contributed by atoms with van der Waals surface area (Å²) in [5, 5.41) is 12.3. The van der Waals surface area contributed by atoms with Crippen molar-refractivity contribution >= 4 is 11.3 Å². The minimum Gasteiger partial charge on any atom is -0.491 e. The van der Waals surface area contributed by atoms with E-state index in [0.29, 0.717) is 19.2 Å². The van der Waals surface area contributed by atoms with Gasteiger partial charge in [0.1, 0.15) is 18.5 Å². The molecule has 2 aromatic rings. The Balaban J connectivity index is 1.51. The lowest BCUT2D eigenvalue weighted by atomic mass is 10.2. The lowest BCUT2D eigenvalue weighted by Gasteiger charge is -2.26. The van der Waals surface area contributed by atoms with Crippen molar-refractivity contribution in [2.75, 3.05) is 19.7 Å². The first-order chi connectivity index (χ1) is 10.3. The van der Waals surface area contributed by atoms with Gasteiger partial charge in [0.15, 0.2) is 0 Å². The van der Waals surface area contributed by atoms with Crippen molar-refractivity contribution in [3.8, 4) is 5.75 Å². The van der Waals surface area contributed by atoms with Crippen molar-refractivity contribution in [3.63, 3.8) is 0 Å². The zero-order chi connectivity index (χ0) is 14.5. The standard InChI is InChI=1S/C17H21NO2S/c19-14(13-20-15-6-2-1-3-7-15)12-18-10-4-8-16(18)17-9-5-11-21-17/h1-3,5-7,9,11,14,16,19H,4,8,10,12-13H2. The van der Waals surface area contributed by atoms with Crippen molar-refractivity contribution in [3.05, 3.63) is 52.7 Å². The van der Waals surface area contributed by atoms with E-state index in [4.69, 9.17) is 4.74 Å². The normalized spacial score (nSPS) is 20.5. The van der Waals surface area contributed by atoms with Gasteiger partial charge < -0.3 is 9.84 Å². The first-order valence-electron chi connectivity index (χ1n) is 7.46. The molecule has 0 aliphatic carbocycles. The zero-order valence-electron chi connectivity index (χ0n) is 12.0. The van der Waals surface area contributed by atoms with Gasteiger partial charge in [-0.05, 0) is 43.0 Å². The molecule has 3 rings (SSSR count). The van der Waals surface area contributed by atoms with Gasteiger partial charge in [-0.1, -0.05) is 24.3 Å². The highest BCUT2D eigenvalue weighted by atomic mass is 32.1. The van der Waals surface area contributed by atoms with Crippen LogP contribution in [0.1, 0.15) is 23.8 Å².